The van der Waals surface area contributed by atoms with Crippen LogP contribution in [0.1, 0.15) is 54.7 Å². The van der Waals surface area contributed by atoms with Crippen LogP contribution in [0.2, 0.25) is 5.02 Å². The lowest BCUT2D eigenvalue weighted by Gasteiger charge is -2.16. The standard InChI is InChI=1S/C39H39ClN2O7/c1-3-41-39(44)37-36(29-18-20-30(21-19-29)46-22-12-11-17-35(43)45-4-2)38(49-42-37)31-23-32(40)34(48-26-28-15-9-6-10-16-28)24-33(31)47-25-27-13-7-5-8-14-27/h5-10,13-16,18-21,23-24H,3-4,11-12,17,22,25-26H2,1-2H3,(H,41,44). The molecule has 1 N–H and O–H groups in total. The second-order valence-electron chi connectivity index (χ2n) is 11.1. The van der Waals surface area contributed by atoms with Crippen LogP contribution in [0.3, 0.4) is 0 Å². The number of carbonyl (C=O) groups is 2. The molecule has 1 aromatic heterocycles. The van der Waals surface area contributed by atoms with Crippen LogP contribution < -0.4 is 19.5 Å². The van der Waals surface area contributed by atoms with Crippen LogP contribution in [-0.4, -0.2) is 36.8 Å². The van der Waals surface area contributed by atoms with E-state index in [2.05, 4.69) is 10.5 Å². The molecular weight excluding hydrogens is 644 g/mol. The summed E-state index contributed by atoms with van der Waals surface area (Å²) < 4.78 is 29.3. The van der Waals surface area contributed by atoms with Gasteiger partial charge in [0.25, 0.3) is 5.91 Å². The summed E-state index contributed by atoms with van der Waals surface area (Å²) in [6.45, 7) is 5.44. The maximum absolute atomic E-state index is 13.2. The van der Waals surface area contributed by atoms with Gasteiger partial charge in [-0.05, 0) is 61.6 Å². The highest BCUT2D eigenvalue weighted by atomic mass is 35.5. The Morgan fingerprint density at radius 1 is 0.796 bits per heavy atom. The highest BCUT2D eigenvalue weighted by Crippen LogP contribution is 2.44. The molecule has 0 saturated heterocycles. The summed E-state index contributed by atoms with van der Waals surface area (Å²) in [5.41, 5.74) is 3.74. The van der Waals surface area contributed by atoms with E-state index >= 15 is 0 Å². The molecule has 1 amide bonds. The number of amides is 1. The summed E-state index contributed by atoms with van der Waals surface area (Å²) >= 11 is 6.81. The lowest BCUT2D eigenvalue weighted by atomic mass is 9.98. The first-order valence-corrected chi connectivity index (χ1v) is 16.7. The first-order valence-electron chi connectivity index (χ1n) is 16.3. The number of hydrogen-bond acceptors (Lipinski definition) is 8. The number of hydrogen-bond donors (Lipinski definition) is 1. The van der Waals surface area contributed by atoms with Gasteiger partial charge in [-0.2, -0.15) is 0 Å². The number of esters is 1. The second-order valence-corrected chi connectivity index (χ2v) is 11.5. The summed E-state index contributed by atoms with van der Waals surface area (Å²) in [5, 5.41) is 7.37. The van der Waals surface area contributed by atoms with Gasteiger partial charge in [0.05, 0.1) is 29.4 Å². The summed E-state index contributed by atoms with van der Waals surface area (Å²) in [6.07, 6.45) is 1.73. The summed E-state index contributed by atoms with van der Waals surface area (Å²) in [6, 6.07) is 30.3. The van der Waals surface area contributed by atoms with Crippen LogP contribution in [0.4, 0.5) is 0 Å². The van der Waals surface area contributed by atoms with Crippen molar-refractivity contribution in [3.05, 3.63) is 119 Å². The number of aromatic nitrogens is 1. The van der Waals surface area contributed by atoms with Crippen molar-refractivity contribution in [1.82, 2.24) is 10.5 Å². The van der Waals surface area contributed by atoms with E-state index in [4.69, 9.17) is 35.1 Å². The lowest BCUT2D eigenvalue weighted by Crippen LogP contribution is -2.23. The van der Waals surface area contributed by atoms with E-state index in [1.807, 2.05) is 91.9 Å². The fourth-order valence-electron chi connectivity index (χ4n) is 5.07. The topological polar surface area (TPSA) is 109 Å². The molecule has 49 heavy (non-hydrogen) atoms. The quantitative estimate of drug-likeness (QED) is 0.0767. The number of benzene rings is 4. The Bertz CT molecular complexity index is 1810. The smallest absolute Gasteiger partial charge is 0.305 e. The molecule has 0 radical (unpaired) electrons. The van der Waals surface area contributed by atoms with Crippen LogP contribution in [0, 0.1) is 0 Å². The molecular formula is C39H39ClN2O7. The fraction of sp³-hybridized carbons (Fsp3) is 0.256. The van der Waals surface area contributed by atoms with Gasteiger partial charge in [-0.15, -0.1) is 0 Å². The summed E-state index contributed by atoms with van der Waals surface area (Å²) in [7, 11) is 0. The van der Waals surface area contributed by atoms with E-state index in [-0.39, 0.29) is 24.2 Å². The largest absolute Gasteiger partial charge is 0.494 e. The molecule has 5 rings (SSSR count). The summed E-state index contributed by atoms with van der Waals surface area (Å²) in [4.78, 5) is 24.8. The molecule has 0 aliphatic carbocycles. The molecule has 0 fully saturated rings. The molecule has 0 aliphatic rings. The lowest BCUT2D eigenvalue weighted by molar-refractivity contribution is -0.143. The molecule has 9 nitrogen and oxygen atoms in total. The van der Waals surface area contributed by atoms with Crippen molar-refractivity contribution in [2.24, 2.45) is 0 Å². The maximum atomic E-state index is 13.2. The van der Waals surface area contributed by atoms with Crippen molar-refractivity contribution in [1.29, 1.82) is 0 Å². The highest BCUT2D eigenvalue weighted by molar-refractivity contribution is 6.32. The van der Waals surface area contributed by atoms with Gasteiger partial charge in [0.15, 0.2) is 11.5 Å². The van der Waals surface area contributed by atoms with Crippen molar-refractivity contribution in [3.63, 3.8) is 0 Å². The molecule has 0 saturated carbocycles. The first-order chi connectivity index (χ1) is 24.0. The Morgan fingerprint density at radius 3 is 2.08 bits per heavy atom. The summed E-state index contributed by atoms with van der Waals surface area (Å²) in [5.74, 6) is 1.25. The van der Waals surface area contributed by atoms with Crippen molar-refractivity contribution in [3.8, 4) is 39.7 Å². The molecule has 254 valence electrons. The molecule has 5 aromatic rings. The predicted molar refractivity (Wildman–Crippen MR) is 188 cm³/mol. The Hall–Kier alpha value is -5.28. The average Bonchev–Trinajstić information content (AvgIpc) is 3.57. The van der Waals surface area contributed by atoms with Gasteiger partial charge in [0.1, 0.15) is 30.5 Å². The zero-order valence-electron chi connectivity index (χ0n) is 27.6. The van der Waals surface area contributed by atoms with E-state index in [1.54, 1.807) is 19.1 Å². The zero-order chi connectivity index (χ0) is 34.4. The number of ether oxygens (including phenoxy) is 4. The number of unbranched alkanes of at least 4 members (excludes halogenated alkanes) is 1. The molecule has 0 spiro atoms. The van der Waals surface area contributed by atoms with Gasteiger partial charge in [0.2, 0.25) is 0 Å². The van der Waals surface area contributed by atoms with Gasteiger partial charge < -0.3 is 28.8 Å². The van der Waals surface area contributed by atoms with Gasteiger partial charge >= 0.3 is 5.97 Å². The SMILES string of the molecule is CCNC(=O)c1noc(-c2cc(Cl)c(OCc3ccccc3)cc2OCc2ccccc2)c1-c1ccc(OCCCCC(=O)OCC)cc1. The van der Waals surface area contributed by atoms with E-state index in [1.165, 1.54) is 0 Å². The number of halogens is 1. The van der Waals surface area contributed by atoms with E-state index in [0.29, 0.717) is 90.3 Å². The fourth-order valence-corrected chi connectivity index (χ4v) is 5.28. The van der Waals surface area contributed by atoms with Crippen LogP contribution in [0.15, 0.2) is 102 Å². The van der Waals surface area contributed by atoms with E-state index in [9.17, 15) is 9.59 Å². The number of nitrogens with one attached hydrogen (secondary N) is 1. The Morgan fingerprint density at radius 2 is 1.45 bits per heavy atom. The van der Waals surface area contributed by atoms with Gasteiger partial charge in [-0.1, -0.05) is 89.6 Å². The molecule has 0 unspecified atom stereocenters. The van der Waals surface area contributed by atoms with Crippen LogP contribution >= 0.6 is 11.6 Å². The monoisotopic (exact) mass is 682 g/mol. The zero-order valence-corrected chi connectivity index (χ0v) is 28.3. The minimum absolute atomic E-state index is 0.124. The number of carbonyl (C=O) groups excluding carboxylic acids is 2. The average molecular weight is 683 g/mol. The molecule has 1 heterocycles. The molecule has 0 bridgehead atoms. The molecule has 10 heteroatoms. The third kappa shape index (κ3) is 9.64. The van der Waals surface area contributed by atoms with Crippen molar-refractivity contribution >= 4 is 23.5 Å². The molecule has 4 aromatic carbocycles. The number of nitrogens with zero attached hydrogens (tertiary/aromatic N) is 1. The maximum Gasteiger partial charge on any atom is 0.305 e. The first kappa shape index (κ1) is 35.0. The van der Waals surface area contributed by atoms with E-state index in [0.717, 1.165) is 11.1 Å². The Labute approximate surface area is 291 Å². The van der Waals surface area contributed by atoms with Gasteiger partial charge in [-0.25, -0.2) is 0 Å². The van der Waals surface area contributed by atoms with Crippen LogP contribution in [0.25, 0.3) is 22.5 Å². The Kier molecular flexibility index (Phi) is 12.7. The third-order valence-corrected chi connectivity index (χ3v) is 7.79. The second kappa shape index (κ2) is 17.8. The molecule has 0 atom stereocenters. The van der Waals surface area contributed by atoms with Crippen molar-refractivity contribution < 1.29 is 33.1 Å². The normalized spacial score (nSPS) is 10.8. The minimum Gasteiger partial charge on any atom is -0.494 e. The Balaban J connectivity index is 1.45. The van der Waals surface area contributed by atoms with Crippen LogP contribution in [0.5, 0.6) is 17.2 Å². The van der Waals surface area contributed by atoms with E-state index < -0.39 is 0 Å². The van der Waals surface area contributed by atoms with Gasteiger partial charge in [0, 0.05) is 19.0 Å². The van der Waals surface area contributed by atoms with Crippen molar-refractivity contribution in [2.75, 3.05) is 19.8 Å². The molecule has 0 aliphatic heterocycles. The third-order valence-electron chi connectivity index (χ3n) is 7.49. The minimum atomic E-state index is -0.380. The van der Waals surface area contributed by atoms with Gasteiger partial charge in [-0.3, -0.25) is 9.59 Å². The number of rotatable bonds is 17. The highest BCUT2D eigenvalue weighted by Gasteiger charge is 2.27. The predicted octanol–water partition coefficient (Wildman–Crippen LogP) is 8.68. The van der Waals surface area contributed by atoms with Crippen LogP contribution in [-0.2, 0) is 22.7 Å². The van der Waals surface area contributed by atoms with Crippen molar-refractivity contribution in [2.45, 2.75) is 46.3 Å².